The molecule has 3 heteroatoms. The molecule has 3 rings (SSSR count). The Labute approximate surface area is 180 Å². The van der Waals surface area contributed by atoms with Crippen molar-refractivity contribution in [2.75, 3.05) is 0 Å². The molecule has 1 N–H and O–H groups in total. The molecule has 0 unspecified atom stereocenters. The summed E-state index contributed by atoms with van der Waals surface area (Å²) in [5.41, 5.74) is 5.36. The van der Waals surface area contributed by atoms with E-state index in [2.05, 4.69) is 18.2 Å². The van der Waals surface area contributed by atoms with Crippen LogP contribution in [0.3, 0.4) is 0 Å². The number of hydrogen-bond acceptors (Lipinski definition) is 3. The minimum Gasteiger partial charge on any atom is -0.508 e. The second-order valence-corrected chi connectivity index (χ2v) is 8.93. The van der Waals surface area contributed by atoms with Crippen LogP contribution in [0.25, 0.3) is 11.6 Å². The summed E-state index contributed by atoms with van der Waals surface area (Å²) in [5, 5.41) is 10.0. The molecule has 0 radical (unpaired) electrons. The molecule has 1 fully saturated rings. The number of esters is 1. The van der Waals surface area contributed by atoms with Crippen molar-refractivity contribution in [3.63, 3.8) is 0 Å². The van der Waals surface area contributed by atoms with E-state index in [1.807, 2.05) is 45.0 Å². The Morgan fingerprint density at radius 1 is 0.933 bits per heavy atom. The summed E-state index contributed by atoms with van der Waals surface area (Å²) in [6.45, 7) is 5.58. The highest BCUT2D eigenvalue weighted by Gasteiger charge is 2.15. The molecule has 0 aliphatic heterocycles. The molecule has 0 atom stereocenters. The lowest BCUT2D eigenvalue weighted by Gasteiger charge is -2.18. The number of ether oxygens (including phenoxy) is 1. The number of phenolic OH excluding ortho intramolecular Hbond substituents is 1. The molecule has 0 aromatic heterocycles. The topological polar surface area (TPSA) is 46.5 Å². The molecule has 2 aromatic carbocycles. The van der Waals surface area contributed by atoms with Crippen molar-refractivity contribution in [2.45, 2.75) is 64.9 Å². The van der Waals surface area contributed by atoms with E-state index in [-0.39, 0.29) is 11.7 Å². The van der Waals surface area contributed by atoms with Crippen LogP contribution < -0.4 is 0 Å². The van der Waals surface area contributed by atoms with Crippen LogP contribution in [-0.2, 0) is 9.53 Å². The third kappa shape index (κ3) is 6.35. The zero-order valence-electron chi connectivity index (χ0n) is 18.3. The third-order valence-corrected chi connectivity index (χ3v) is 5.21. The fourth-order valence-electron chi connectivity index (χ4n) is 3.90. The van der Waals surface area contributed by atoms with Crippen LogP contribution in [0, 0.1) is 0 Å². The Morgan fingerprint density at radius 2 is 1.60 bits per heavy atom. The zero-order valence-corrected chi connectivity index (χ0v) is 18.3. The van der Waals surface area contributed by atoms with Crippen molar-refractivity contribution in [1.82, 2.24) is 0 Å². The third-order valence-electron chi connectivity index (χ3n) is 5.21. The summed E-state index contributed by atoms with van der Waals surface area (Å²) in [6.07, 6.45) is 10.5. The van der Waals surface area contributed by atoms with E-state index in [0.717, 1.165) is 29.5 Å². The predicted molar refractivity (Wildman–Crippen MR) is 123 cm³/mol. The van der Waals surface area contributed by atoms with Gasteiger partial charge in [0.15, 0.2) is 0 Å². The van der Waals surface area contributed by atoms with Crippen LogP contribution in [0.1, 0.15) is 76.0 Å². The first-order valence-electron chi connectivity index (χ1n) is 10.8. The zero-order chi connectivity index (χ0) is 21.6. The maximum atomic E-state index is 11.9. The van der Waals surface area contributed by atoms with Gasteiger partial charge in [-0.2, -0.15) is 0 Å². The maximum Gasteiger partial charge on any atom is 0.331 e. The van der Waals surface area contributed by atoms with Gasteiger partial charge in [-0.05, 0) is 86.9 Å². The van der Waals surface area contributed by atoms with Crippen LogP contribution in [0.2, 0.25) is 0 Å². The van der Waals surface area contributed by atoms with Gasteiger partial charge in [0.25, 0.3) is 0 Å². The summed E-state index contributed by atoms with van der Waals surface area (Å²) in [4.78, 5) is 11.9. The van der Waals surface area contributed by atoms with Gasteiger partial charge in [0.2, 0.25) is 0 Å². The van der Waals surface area contributed by atoms with E-state index in [1.165, 1.54) is 42.9 Å². The Kier molecular flexibility index (Phi) is 7.15. The first kappa shape index (κ1) is 21.9. The van der Waals surface area contributed by atoms with E-state index in [9.17, 15) is 9.90 Å². The van der Waals surface area contributed by atoms with Crippen molar-refractivity contribution in [2.24, 2.45) is 0 Å². The fraction of sp³-hybridized carbons (Fsp3) is 0.370. The molecule has 0 heterocycles. The quantitative estimate of drug-likeness (QED) is 0.342. The van der Waals surface area contributed by atoms with Gasteiger partial charge in [0, 0.05) is 6.08 Å². The van der Waals surface area contributed by atoms with Crippen LogP contribution in [0.15, 0.2) is 60.2 Å². The highest BCUT2D eigenvalue weighted by molar-refractivity contribution is 5.88. The first-order valence-corrected chi connectivity index (χ1v) is 10.8. The molecule has 0 amide bonds. The second-order valence-electron chi connectivity index (χ2n) is 8.93. The van der Waals surface area contributed by atoms with Crippen LogP contribution in [0.4, 0.5) is 0 Å². The van der Waals surface area contributed by atoms with Gasteiger partial charge in [-0.1, -0.05) is 54.8 Å². The number of rotatable bonds is 4. The van der Waals surface area contributed by atoms with Gasteiger partial charge in [-0.25, -0.2) is 4.79 Å². The summed E-state index contributed by atoms with van der Waals surface area (Å²) in [7, 11) is 0. The number of phenols is 1. The molecular weight excluding hydrogens is 372 g/mol. The van der Waals surface area contributed by atoms with Crippen molar-refractivity contribution in [1.29, 1.82) is 0 Å². The van der Waals surface area contributed by atoms with Crippen LogP contribution >= 0.6 is 0 Å². The largest absolute Gasteiger partial charge is 0.508 e. The molecule has 158 valence electrons. The van der Waals surface area contributed by atoms with E-state index in [0.29, 0.717) is 0 Å². The number of carbonyl (C=O) groups excluding carboxylic acids is 1. The molecule has 1 aliphatic rings. The Morgan fingerprint density at radius 3 is 2.20 bits per heavy atom. The molecule has 0 saturated heterocycles. The summed E-state index contributed by atoms with van der Waals surface area (Å²) >= 11 is 0. The smallest absolute Gasteiger partial charge is 0.331 e. The average Bonchev–Trinajstić information content (AvgIpc) is 2.96. The first-order chi connectivity index (χ1) is 14.3. The van der Waals surface area contributed by atoms with Crippen LogP contribution in [0.5, 0.6) is 5.75 Å². The molecule has 2 aromatic rings. The average molecular weight is 405 g/mol. The van der Waals surface area contributed by atoms with Crippen molar-refractivity contribution >= 4 is 17.6 Å². The number of aromatic hydroxyl groups is 1. The van der Waals surface area contributed by atoms with E-state index in [4.69, 9.17) is 4.74 Å². The molecule has 0 bridgehead atoms. The number of hydrogen-bond donors (Lipinski definition) is 1. The number of benzene rings is 2. The summed E-state index contributed by atoms with van der Waals surface area (Å²) < 4.78 is 5.32. The van der Waals surface area contributed by atoms with E-state index < -0.39 is 5.60 Å². The van der Waals surface area contributed by atoms with Crippen molar-refractivity contribution in [3.8, 4) is 5.75 Å². The minimum absolute atomic E-state index is 0.288. The molecule has 0 spiro atoms. The number of carbonyl (C=O) groups is 1. The minimum atomic E-state index is -0.494. The van der Waals surface area contributed by atoms with Gasteiger partial charge in [-0.15, -0.1) is 0 Å². The van der Waals surface area contributed by atoms with Gasteiger partial charge in [0.1, 0.15) is 11.4 Å². The normalized spacial score (nSPS) is 15.1. The lowest BCUT2D eigenvalue weighted by atomic mass is 9.89. The maximum absolute atomic E-state index is 11.9. The summed E-state index contributed by atoms with van der Waals surface area (Å²) in [6, 6.07) is 15.8. The second kappa shape index (κ2) is 9.80. The highest BCUT2D eigenvalue weighted by atomic mass is 16.6. The monoisotopic (exact) mass is 404 g/mol. The molecule has 1 saturated carbocycles. The highest BCUT2D eigenvalue weighted by Crippen LogP contribution is 2.35. The fourth-order valence-corrected chi connectivity index (χ4v) is 3.90. The Bertz CT molecular complexity index is 917. The van der Waals surface area contributed by atoms with E-state index >= 15 is 0 Å². The van der Waals surface area contributed by atoms with Gasteiger partial charge in [0.05, 0.1) is 0 Å². The SMILES string of the molecule is CC(C)(C)OC(=O)/C=C/c1ccc(C(=C2CCCCCC2)c2cccc(O)c2)cc1. The summed E-state index contributed by atoms with van der Waals surface area (Å²) in [5.74, 6) is -0.0521. The molecule has 3 nitrogen and oxygen atoms in total. The van der Waals surface area contributed by atoms with Crippen molar-refractivity contribution < 1.29 is 14.6 Å². The molecular formula is C27H32O3. The standard InChI is InChI=1S/C27H32O3/c1-27(2,3)30-25(29)18-15-20-13-16-22(17-14-20)26(21-9-6-4-5-7-10-21)23-11-8-12-24(28)19-23/h8,11-19,28H,4-7,9-10H2,1-3H3/b18-15+. The van der Waals surface area contributed by atoms with Crippen LogP contribution in [-0.4, -0.2) is 16.7 Å². The molecule has 1 aliphatic carbocycles. The Hall–Kier alpha value is -2.81. The van der Waals surface area contributed by atoms with Gasteiger partial charge >= 0.3 is 5.97 Å². The van der Waals surface area contributed by atoms with Gasteiger partial charge in [-0.3, -0.25) is 0 Å². The van der Waals surface area contributed by atoms with Gasteiger partial charge < -0.3 is 9.84 Å². The van der Waals surface area contributed by atoms with E-state index in [1.54, 1.807) is 12.1 Å². The lowest BCUT2D eigenvalue weighted by Crippen LogP contribution is -2.22. The predicted octanol–water partition coefficient (Wildman–Crippen LogP) is 6.90. The number of allylic oxidation sites excluding steroid dienone is 1. The molecule has 30 heavy (non-hydrogen) atoms. The Balaban J connectivity index is 1.89. The lowest BCUT2D eigenvalue weighted by molar-refractivity contribution is -0.148. The van der Waals surface area contributed by atoms with Crippen molar-refractivity contribution in [3.05, 3.63) is 76.9 Å².